The van der Waals surface area contributed by atoms with Crippen LogP contribution < -0.4 is 5.32 Å². The number of amides is 1. The van der Waals surface area contributed by atoms with Gasteiger partial charge in [-0.25, -0.2) is 4.98 Å². The fourth-order valence-electron chi connectivity index (χ4n) is 2.13. The molecule has 0 spiro atoms. The Balaban J connectivity index is 2.06. The summed E-state index contributed by atoms with van der Waals surface area (Å²) < 4.78 is 1.74. The van der Waals surface area contributed by atoms with Gasteiger partial charge in [0, 0.05) is 5.54 Å². The number of nitrogens with one attached hydrogen (secondary N) is 1. The predicted molar refractivity (Wildman–Crippen MR) is 74.2 cm³/mol. The number of carboxylic acids is 1. The molecule has 20 heavy (non-hydrogen) atoms. The summed E-state index contributed by atoms with van der Waals surface area (Å²) in [6.45, 7) is 3.49. The Morgan fingerprint density at radius 2 is 2.05 bits per heavy atom. The summed E-state index contributed by atoms with van der Waals surface area (Å²) in [5.74, 6) is -1.18. The topological polar surface area (TPSA) is 84.2 Å². The van der Waals surface area contributed by atoms with E-state index >= 15 is 0 Å². The monoisotopic (exact) mass is 275 g/mol. The minimum Gasteiger partial charge on any atom is -0.481 e. The molecule has 0 radical (unpaired) electrons. The highest BCUT2D eigenvalue weighted by Gasteiger charge is 2.23. The molecule has 1 amide bonds. The molecule has 0 atom stereocenters. The summed E-state index contributed by atoms with van der Waals surface area (Å²) in [6.07, 6.45) is 1.48. The molecule has 0 aliphatic heterocycles. The summed E-state index contributed by atoms with van der Waals surface area (Å²) in [5.41, 5.74) is 0.919. The first-order valence-corrected chi connectivity index (χ1v) is 6.30. The highest BCUT2D eigenvalue weighted by atomic mass is 16.4. The Morgan fingerprint density at radius 3 is 2.75 bits per heavy atom. The lowest BCUT2D eigenvalue weighted by Crippen LogP contribution is -2.46. The summed E-state index contributed by atoms with van der Waals surface area (Å²) in [4.78, 5) is 26.9. The number of imidazole rings is 1. The van der Waals surface area contributed by atoms with E-state index in [-0.39, 0.29) is 18.9 Å². The average molecular weight is 275 g/mol. The first-order valence-electron chi connectivity index (χ1n) is 6.30. The zero-order valence-corrected chi connectivity index (χ0v) is 11.5. The number of para-hydroxylation sites is 2. The van der Waals surface area contributed by atoms with E-state index in [9.17, 15) is 9.59 Å². The maximum atomic E-state index is 12.0. The Bertz CT molecular complexity index is 646. The number of fused-ring (bicyclic) bond motifs is 1. The van der Waals surface area contributed by atoms with Crippen LogP contribution in [-0.2, 0) is 16.1 Å². The number of aromatic nitrogens is 2. The maximum Gasteiger partial charge on any atom is 0.305 e. The van der Waals surface area contributed by atoms with Gasteiger partial charge in [0.2, 0.25) is 5.91 Å². The molecule has 6 heteroatoms. The molecule has 1 heterocycles. The van der Waals surface area contributed by atoms with E-state index in [2.05, 4.69) is 10.3 Å². The molecule has 0 aliphatic rings. The molecule has 0 fully saturated rings. The van der Waals surface area contributed by atoms with Crippen molar-refractivity contribution < 1.29 is 14.7 Å². The number of hydrogen-bond acceptors (Lipinski definition) is 3. The van der Waals surface area contributed by atoms with Crippen molar-refractivity contribution >= 4 is 22.9 Å². The second-order valence-corrected chi connectivity index (χ2v) is 5.36. The Hall–Kier alpha value is -2.37. The van der Waals surface area contributed by atoms with Crippen molar-refractivity contribution in [1.82, 2.24) is 14.9 Å². The van der Waals surface area contributed by atoms with E-state index in [0.717, 1.165) is 11.0 Å². The van der Waals surface area contributed by atoms with E-state index < -0.39 is 11.5 Å². The third-order valence-electron chi connectivity index (χ3n) is 2.91. The van der Waals surface area contributed by atoms with Crippen molar-refractivity contribution in [2.24, 2.45) is 0 Å². The number of benzene rings is 1. The molecule has 2 aromatic rings. The number of carboxylic acid groups (broad SMARTS) is 1. The van der Waals surface area contributed by atoms with Gasteiger partial charge in [0.1, 0.15) is 6.54 Å². The number of nitrogens with zero attached hydrogens (tertiary/aromatic N) is 2. The second-order valence-electron chi connectivity index (χ2n) is 5.36. The van der Waals surface area contributed by atoms with Crippen molar-refractivity contribution in [3.63, 3.8) is 0 Å². The molecule has 2 N–H and O–H groups in total. The Labute approximate surface area is 116 Å². The third-order valence-corrected chi connectivity index (χ3v) is 2.91. The largest absolute Gasteiger partial charge is 0.481 e. The lowest BCUT2D eigenvalue weighted by molar-refractivity contribution is -0.138. The van der Waals surface area contributed by atoms with Gasteiger partial charge in [-0.3, -0.25) is 9.59 Å². The average Bonchev–Trinajstić information content (AvgIpc) is 2.70. The van der Waals surface area contributed by atoms with Crippen LogP contribution in [0.15, 0.2) is 30.6 Å². The molecule has 0 saturated carbocycles. The van der Waals surface area contributed by atoms with Crippen molar-refractivity contribution in [3.05, 3.63) is 30.6 Å². The maximum absolute atomic E-state index is 12.0. The quantitative estimate of drug-likeness (QED) is 0.864. The predicted octanol–water partition coefficient (Wildman–Crippen LogP) is 1.41. The van der Waals surface area contributed by atoms with Gasteiger partial charge in [0.25, 0.3) is 0 Å². The summed E-state index contributed by atoms with van der Waals surface area (Å²) in [5, 5.41) is 11.5. The minimum atomic E-state index is -0.941. The van der Waals surface area contributed by atoms with E-state index in [1.54, 1.807) is 24.7 Å². The second kappa shape index (κ2) is 5.32. The molecule has 106 valence electrons. The lowest BCUT2D eigenvalue weighted by atomic mass is 10.0. The fraction of sp³-hybridized carbons (Fsp3) is 0.357. The summed E-state index contributed by atoms with van der Waals surface area (Å²) in [7, 11) is 0. The molecule has 0 unspecified atom stereocenters. The van der Waals surface area contributed by atoms with Crippen molar-refractivity contribution in [2.45, 2.75) is 32.4 Å². The molecule has 0 aliphatic carbocycles. The van der Waals surface area contributed by atoms with Gasteiger partial charge >= 0.3 is 5.97 Å². The van der Waals surface area contributed by atoms with Crippen molar-refractivity contribution in [2.75, 3.05) is 0 Å². The highest BCUT2D eigenvalue weighted by Crippen LogP contribution is 2.12. The number of aliphatic carboxylic acids is 1. The first-order chi connectivity index (χ1) is 9.37. The number of carbonyl (C=O) groups excluding carboxylic acids is 1. The number of rotatable bonds is 5. The molecular formula is C14H17N3O3. The van der Waals surface area contributed by atoms with Gasteiger partial charge < -0.3 is 15.0 Å². The van der Waals surface area contributed by atoms with Gasteiger partial charge in [0.15, 0.2) is 0 Å². The highest BCUT2D eigenvalue weighted by molar-refractivity contribution is 5.81. The van der Waals surface area contributed by atoms with Crippen LogP contribution in [0.5, 0.6) is 0 Å². The van der Waals surface area contributed by atoms with E-state index in [0.29, 0.717) is 0 Å². The normalized spacial score (nSPS) is 11.5. The molecule has 0 bridgehead atoms. The van der Waals surface area contributed by atoms with E-state index in [1.807, 2.05) is 24.3 Å². The van der Waals surface area contributed by atoms with Crippen molar-refractivity contribution in [1.29, 1.82) is 0 Å². The van der Waals surface area contributed by atoms with Gasteiger partial charge in [-0.2, -0.15) is 0 Å². The molecule has 6 nitrogen and oxygen atoms in total. The van der Waals surface area contributed by atoms with Crippen LogP contribution in [0.2, 0.25) is 0 Å². The standard InChI is InChI=1S/C14H17N3O3/c1-14(2,7-13(19)20)16-12(18)8-17-9-15-10-5-3-4-6-11(10)17/h3-6,9H,7-8H2,1-2H3,(H,16,18)(H,19,20). The molecular weight excluding hydrogens is 258 g/mol. The SMILES string of the molecule is CC(C)(CC(=O)O)NC(=O)Cn1cnc2ccccc21. The van der Waals surface area contributed by atoms with Crippen LogP contribution in [0, 0.1) is 0 Å². The van der Waals surface area contributed by atoms with Gasteiger partial charge in [0.05, 0.1) is 23.8 Å². The zero-order chi connectivity index (χ0) is 14.8. The molecule has 0 saturated heterocycles. The van der Waals surface area contributed by atoms with Crippen LogP contribution in [0.4, 0.5) is 0 Å². The Kier molecular flexibility index (Phi) is 3.74. The van der Waals surface area contributed by atoms with Crippen LogP contribution in [0.25, 0.3) is 11.0 Å². The molecule has 1 aromatic heterocycles. The zero-order valence-electron chi connectivity index (χ0n) is 11.5. The van der Waals surface area contributed by atoms with Crippen LogP contribution in [0.3, 0.4) is 0 Å². The van der Waals surface area contributed by atoms with Crippen molar-refractivity contribution in [3.8, 4) is 0 Å². The fourth-order valence-corrected chi connectivity index (χ4v) is 2.13. The summed E-state index contributed by atoms with van der Waals surface area (Å²) in [6, 6.07) is 7.53. The molecule has 1 aromatic carbocycles. The molecule has 2 rings (SSSR count). The van der Waals surface area contributed by atoms with E-state index in [4.69, 9.17) is 5.11 Å². The smallest absolute Gasteiger partial charge is 0.305 e. The first kappa shape index (κ1) is 14.0. The van der Waals surface area contributed by atoms with Crippen LogP contribution in [0.1, 0.15) is 20.3 Å². The van der Waals surface area contributed by atoms with Gasteiger partial charge in [-0.1, -0.05) is 12.1 Å². The number of hydrogen-bond donors (Lipinski definition) is 2. The minimum absolute atomic E-state index is 0.115. The van der Waals surface area contributed by atoms with Crippen LogP contribution in [-0.4, -0.2) is 32.1 Å². The van der Waals surface area contributed by atoms with Crippen LogP contribution >= 0.6 is 0 Å². The van der Waals surface area contributed by atoms with Gasteiger partial charge in [-0.15, -0.1) is 0 Å². The van der Waals surface area contributed by atoms with E-state index in [1.165, 1.54) is 0 Å². The third kappa shape index (κ3) is 3.34. The summed E-state index contributed by atoms with van der Waals surface area (Å²) >= 11 is 0. The van der Waals surface area contributed by atoms with Gasteiger partial charge in [-0.05, 0) is 26.0 Å². The lowest BCUT2D eigenvalue weighted by Gasteiger charge is -2.24. The Morgan fingerprint density at radius 1 is 1.35 bits per heavy atom. The number of carbonyl (C=O) groups is 2.